The number of hydrogen-bond acceptors (Lipinski definition) is 3. The van der Waals surface area contributed by atoms with E-state index in [0.717, 1.165) is 16.5 Å². The van der Waals surface area contributed by atoms with Gasteiger partial charge in [0.05, 0.1) is 12.8 Å². The van der Waals surface area contributed by atoms with Crippen LogP contribution in [0.1, 0.15) is 4.88 Å². The highest BCUT2D eigenvalue weighted by Crippen LogP contribution is 2.31. The summed E-state index contributed by atoms with van der Waals surface area (Å²) in [6.45, 7) is 2.06. The summed E-state index contributed by atoms with van der Waals surface area (Å²) in [4.78, 5) is 5.58. The van der Waals surface area contributed by atoms with Gasteiger partial charge < -0.3 is 4.74 Å². The molecule has 2 rings (SSSR count). The van der Waals surface area contributed by atoms with E-state index in [0.29, 0.717) is 0 Å². The van der Waals surface area contributed by atoms with Gasteiger partial charge in [0.1, 0.15) is 0 Å². The van der Waals surface area contributed by atoms with Crippen LogP contribution < -0.4 is 4.74 Å². The lowest BCUT2D eigenvalue weighted by atomic mass is 10.1. The van der Waals surface area contributed by atoms with Crippen LogP contribution in [0.2, 0.25) is 0 Å². The van der Waals surface area contributed by atoms with E-state index in [2.05, 4.69) is 24.0 Å². The van der Waals surface area contributed by atoms with Crippen LogP contribution in [0.25, 0.3) is 11.3 Å². The minimum absolute atomic E-state index is 0.723. The quantitative estimate of drug-likeness (QED) is 0.751. The van der Waals surface area contributed by atoms with Crippen LogP contribution in [-0.4, -0.2) is 12.1 Å². The molecule has 0 unspecified atom stereocenters. The van der Waals surface area contributed by atoms with E-state index in [1.807, 2.05) is 18.2 Å². The lowest BCUT2D eigenvalue weighted by molar-refractivity contribution is 0.412. The molecule has 0 atom stereocenters. The number of rotatable bonds is 2. The van der Waals surface area contributed by atoms with Crippen LogP contribution in [0, 0.1) is 6.92 Å². The van der Waals surface area contributed by atoms with Crippen LogP contribution in [0.3, 0.4) is 0 Å². The summed E-state index contributed by atoms with van der Waals surface area (Å²) in [6.07, 6.45) is 0. The molecule has 0 N–H and O–H groups in total. The number of ether oxygens (including phenoxy) is 1. The fraction of sp³-hybridized carbons (Fsp3) is 0.182. The van der Waals surface area contributed by atoms with Gasteiger partial charge in [-0.3, -0.25) is 0 Å². The zero-order valence-electron chi connectivity index (χ0n) is 8.15. The Labute approximate surface area is 87.2 Å². The largest absolute Gasteiger partial charge is 0.473 e. The molecule has 0 aliphatic rings. The van der Waals surface area contributed by atoms with Crippen LogP contribution >= 0.6 is 11.3 Å². The highest BCUT2D eigenvalue weighted by molar-refractivity contribution is 7.13. The van der Waals surface area contributed by atoms with Crippen LogP contribution in [0.5, 0.6) is 5.19 Å². The fourth-order valence-electron chi connectivity index (χ4n) is 1.32. The predicted octanol–water partition coefficient (Wildman–Crippen LogP) is 3.13. The standard InChI is InChI=1S/C11H11NOS/c1-8-10(12-11(13-2)14-8)9-6-4-3-5-7-9/h3-7H,1-2H3. The topological polar surface area (TPSA) is 22.1 Å². The Balaban J connectivity index is 2.46. The third-order valence-corrected chi connectivity index (χ3v) is 2.93. The van der Waals surface area contributed by atoms with Crippen molar-refractivity contribution >= 4 is 11.3 Å². The van der Waals surface area contributed by atoms with Gasteiger partial charge in [-0.25, -0.2) is 4.98 Å². The molecule has 72 valence electrons. The molecular weight excluding hydrogens is 194 g/mol. The maximum atomic E-state index is 5.10. The second kappa shape index (κ2) is 3.80. The molecule has 1 aromatic heterocycles. The van der Waals surface area contributed by atoms with E-state index in [1.54, 1.807) is 18.4 Å². The van der Waals surface area contributed by atoms with Crippen molar-refractivity contribution in [2.45, 2.75) is 6.92 Å². The Morgan fingerprint density at radius 3 is 2.50 bits per heavy atom. The molecule has 0 radical (unpaired) electrons. The summed E-state index contributed by atoms with van der Waals surface area (Å²) in [5, 5.41) is 0.723. The smallest absolute Gasteiger partial charge is 0.273 e. The van der Waals surface area contributed by atoms with Crippen molar-refractivity contribution in [3.05, 3.63) is 35.2 Å². The van der Waals surface area contributed by atoms with Gasteiger partial charge in [-0.1, -0.05) is 41.7 Å². The molecule has 0 saturated carbocycles. The third-order valence-electron chi connectivity index (χ3n) is 2.00. The Morgan fingerprint density at radius 1 is 1.21 bits per heavy atom. The first-order chi connectivity index (χ1) is 6.81. The first-order valence-electron chi connectivity index (χ1n) is 4.38. The van der Waals surface area contributed by atoms with Gasteiger partial charge in [0.15, 0.2) is 0 Å². The van der Waals surface area contributed by atoms with Gasteiger partial charge in [-0.15, -0.1) is 0 Å². The summed E-state index contributed by atoms with van der Waals surface area (Å²) in [6, 6.07) is 10.1. The number of benzene rings is 1. The first-order valence-corrected chi connectivity index (χ1v) is 5.20. The summed E-state index contributed by atoms with van der Waals surface area (Å²) in [7, 11) is 1.65. The van der Waals surface area contributed by atoms with E-state index >= 15 is 0 Å². The van der Waals surface area contributed by atoms with Gasteiger partial charge in [0.25, 0.3) is 5.19 Å². The maximum absolute atomic E-state index is 5.10. The minimum atomic E-state index is 0.723. The molecule has 0 bridgehead atoms. The fourth-order valence-corrected chi connectivity index (χ4v) is 2.07. The van der Waals surface area contributed by atoms with Crippen molar-refractivity contribution < 1.29 is 4.74 Å². The lowest BCUT2D eigenvalue weighted by Gasteiger charge is -1.96. The number of nitrogens with zero attached hydrogens (tertiary/aromatic N) is 1. The molecule has 0 amide bonds. The maximum Gasteiger partial charge on any atom is 0.273 e. The van der Waals surface area contributed by atoms with Crippen LogP contribution in [0.15, 0.2) is 30.3 Å². The van der Waals surface area contributed by atoms with Crippen molar-refractivity contribution in [1.82, 2.24) is 4.98 Å². The summed E-state index contributed by atoms with van der Waals surface area (Å²) >= 11 is 1.58. The number of thiazole rings is 1. The second-order valence-corrected chi connectivity index (χ2v) is 4.12. The molecule has 2 nitrogen and oxygen atoms in total. The molecule has 0 saturated heterocycles. The van der Waals surface area contributed by atoms with E-state index < -0.39 is 0 Å². The van der Waals surface area contributed by atoms with Crippen molar-refractivity contribution in [2.24, 2.45) is 0 Å². The summed E-state index contributed by atoms with van der Waals surface area (Å²) in [5.41, 5.74) is 2.16. The molecule has 0 fully saturated rings. The molecule has 0 spiro atoms. The summed E-state index contributed by atoms with van der Waals surface area (Å²) < 4.78 is 5.10. The third kappa shape index (κ3) is 1.63. The zero-order valence-corrected chi connectivity index (χ0v) is 8.97. The van der Waals surface area contributed by atoms with Crippen molar-refractivity contribution in [3.63, 3.8) is 0 Å². The second-order valence-electron chi connectivity index (χ2n) is 2.95. The van der Waals surface area contributed by atoms with Gasteiger partial charge in [-0.2, -0.15) is 0 Å². The first kappa shape index (κ1) is 9.21. The molecule has 2 aromatic rings. The average molecular weight is 205 g/mol. The number of methoxy groups -OCH3 is 1. The van der Waals surface area contributed by atoms with Gasteiger partial charge in [-0.05, 0) is 6.92 Å². The number of aromatic nitrogens is 1. The highest BCUT2D eigenvalue weighted by atomic mass is 32.1. The monoisotopic (exact) mass is 205 g/mol. The molecule has 3 heteroatoms. The highest BCUT2D eigenvalue weighted by Gasteiger charge is 2.08. The Morgan fingerprint density at radius 2 is 1.93 bits per heavy atom. The van der Waals surface area contributed by atoms with Crippen molar-refractivity contribution in [1.29, 1.82) is 0 Å². The van der Waals surface area contributed by atoms with Gasteiger partial charge in [0.2, 0.25) is 0 Å². The Bertz CT molecular complexity index is 422. The summed E-state index contributed by atoms with van der Waals surface area (Å²) in [5.74, 6) is 0. The normalized spacial score (nSPS) is 10.1. The average Bonchev–Trinajstić information content (AvgIpc) is 2.61. The Hall–Kier alpha value is -1.35. The number of hydrogen-bond donors (Lipinski definition) is 0. The van der Waals surface area contributed by atoms with Gasteiger partial charge in [0, 0.05) is 10.4 Å². The molecule has 0 aliphatic heterocycles. The number of aryl methyl sites for hydroxylation is 1. The predicted molar refractivity (Wildman–Crippen MR) is 58.8 cm³/mol. The van der Waals surface area contributed by atoms with E-state index in [1.165, 1.54) is 4.88 Å². The lowest BCUT2D eigenvalue weighted by Crippen LogP contribution is -1.82. The SMILES string of the molecule is COc1nc(-c2ccccc2)c(C)s1. The van der Waals surface area contributed by atoms with Crippen molar-refractivity contribution in [3.8, 4) is 16.5 Å². The van der Waals surface area contributed by atoms with E-state index in [9.17, 15) is 0 Å². The van der Waals surface area contributed by atoms with Crippen LogP contribution in [-0.2, 0) is 0 Å². The molecular formula is C11H11NOS. The van der Waals surface area contributed by atoms with Gasteiger partial charge >= 0.3 is 0 Å². The molecule has 14 heavy (non-hydrogen) atoms. The van der Waals surface area contributed by atoms with E-state index in [4.69, 9.17) is 4.74 Å². The van der Waals surface area contributed by atoms with Crippen LogP contribution in [0.4, 0.5) is 0 Å². The molecule has 1 aromatic carbocycles. The van der Waals surface area contributed by atoms with Crippen molar-refractivity contribution in [2.75, 3.05) is 7.11 Å². The molecule has 1 heterocycles. The van der Waals surface area contributed by atoms with E-state index in [-0.39, 0.29) is 0 Å². The minimum Gasteiger partial charge on any atom is -0.473 e. The Kier molecular flexibility index (Phi) is 2.50. The molecule has 0 aliphatic carbocycles. The zero-order chi connectivity index (χ0) is 9.97.